The second-order valence-corrected chi connectivity index (χ2v) is 10.3. The van der Waals surface area contributed by atoms with Gasteiger partial charge in [0.15, 0.2) is 11.5 Å². The second kappa shape index (κ2) is 11.8. The van der Waals surface area contributed by atoms with Crippen molar-refractivity contribution >= 4 is 22.4 Å². The van der Waals surface area contributed by atoms with Crippen LogP contribution >= 0.6 is 0 Å². The molecular formula is C30H34F3N5O3. The summed E-state index contributed by atoms with van der Waals surface area (Å²) in [4.78, 5) is 15.1. The van der Waals surface area contributed by atoms with Gasteiger partial charge < -0.3 is 24.8 Å². The van der Waals surface area contributed by atoms with E-state index in [0.29, 0.717) is 47.2 Å². The lowest BCUT2D eigenvalue weighted by Gasteiger charge is -2.30. The molecule has 0 unspecified atom stereocenters. The summed E-state index contributed by atoms with van der Waals surface area (Å²) in [6, 6.07) is 10.3. The summed E-state index contributed by atoms with van der Waals surface area (Å²) in [5, 5.41) is 13.7. The molecule has 8 nitrogen and oxygen atoms in total. The summed E-state index contributed by atoms with van der Waals surface area (Å²) < 4.78 is 56.8. The van der Waals surface area contributed by atoms with E-state index in [1.807, 2.05) is 24.1 Å². The van der Waals surface area contributed by atoms with Gasteiger partial charge in [-0.2, -0.15) is 8.78 Å². The summed E-state index contributed by atoms with van der Waals surface area (Å²) in [5.74, 6) is -3.15. The number of pyridine rings is 1. The van der Waals surface area contributed by atoms with Gasteiger partial charge in [0.25, 0.3) is 0 Å². The summed E-state index contributed by atoms with van der Waals surface area (Å²) >= 11 is 0. The largest absolute Gasteiger partial charge is 0.493 e. The van der Waals surface area contributed by atoms with E-state index in [0.717, 1.165) is 25.6 Å². The van der Waals surface area contributed by atoms with Crippen molar-refractivity contribution in [1.82, 2.24) is 15.0 Å². The summed E-state index contributed by atoms with van der Waals surface area (Å²) in [5.41, 5.74) is -1.82. The van der Waals surface area contributed by atoms with Gasteiger partial charge in [0, 0.05) is 30.3 Å². The summed E-state index contributed by atoms with van der Waals surface area (Å²) in [6.07, 6.45) is 3.47. The average Bonchev–Trinajstić information content (AvgIpc) is 2.92. The topological polar surface area (TPSA) is 92.6 Å². The quantitative estimate of drug-likeness (QED) is 0.226. The zero-order valence-corrected chi connectivity index (χ0v) is 23.9. The van der Waals surface area contributed by atoms with Crippen molar-refractivity contribution in [3.63, 3.8) is 0 Å². The number of alkyl halides is 2. The van der Waals surface area contributed by atoms with Gasteiger partial charge >= 0.3 is 5.92 Å². The molecule has 2 heterocycles. The van der Waals surface area contributed by atoms with Gasteiger partial charge in [0.05, 0.1) is 42.7 Å². The molecule has 4 rings (SSSR count). The Bertz CT molecular complexity index is 1510. The first-order valence-corrected chi connectivity index (χ1v) is 13.1. The first-order chi connectivity index (χ1) is 19.3. The van der Waals surface area contributed by atoms with Crippen LogP contribution in [0.2, 0.25) is 0 Å². The normalized spacial score (nSPS) is 12.7. The third kappa shape index (κ3) is 6.30. The van der Waals surface area contributed by atoms with Gasteiger partial charge in [-0.15, -0.1) is 0 Å². The summed E-state index contributed by atoms with van der Waals surface area (Å²) in [7, 11) is 3.47. The minimum atomic E-state index is -3.81. The number of aliphatic hydroxyl groups is 1. The smallest absolute Gasteiger partial charge is 0.303 e. The zero-order chi connectivity index (χ0) is 29.9. The van der Waals surface area contributed by atoms with Crippen LogP contribution in [0.15, 0.2) is 54.9 Å². The van der Waals surface area contributed by atoms with Crippen molar-refractivity contribution in [3.8, 4) is 11.5 Å². The molecule has 0 saturated heterocycles. The van der Waals surface area contributed by atoms with Crippen LogP contribution in [-0.2, 0) is 5.92 Å². The Morgan fingerprint density at radius 2 is 1.85 bits per heavy atom. The highest BCUT2D eigenvalue weighted by molar-refractivity contribution is 5.92. The Balaban J connectivity index is 1.63. The number of aryl methyl sites for hydroxylation is 1. The second-order valence-electron chi connectivity index (χ2n) is 10.3. The number of nitrogens with zero attached hydrogens (tertiary/aromatic N) is 4. The zero-order valence-electron chi connectivity index (χ0n) is 23.9. The highest BCUT2D eigenvalue weighted by atomic mass is 19.3. The van der Waals surface area contributed by atoms with E-state index in [9.17, 15) is 13.9 Å². The number of halogens is 3. The lowest BCUT2D eigenvalue weighted by atomic mass is 9.91. The Labute approximate surface area is 237 Å². The third-order valence-corrected chi connectivity index (χ3v) is 6.82. The maximum Gasteiger partial charge on any atom is 0.303 e. The Morgan fingerprint density at radius 3 is 2.51 bits per heavy atom. The molecule has 0 aliphatic carbocycles. The minimum Gasteiger partial charge on any atom is -0.493 e. The molecule has 0 aliphatic rings. The van der Waals surface area contributed by atoms with Gasteiger partial charge in [0.1, 0.15) is 29.7 Å². The molecule has 1 atom stereocenters. The number of benzene rings is 2. The van der Waals surface area contributed by atoms with Gasteiger partial charge in [-0.25, -0.2) is 14.4 Å². The number of nitrogens with one attached hydrogen (secondary N) is 1. The molecule has 0 radical (unpaired) electrons. The number of ether oxygens (including phenoxy) is 2. The number of fused-ring (bicyclic) bond motifs is 1. The lowest BCUT2D eigenvalue weighted by Crippen LogP contribution is -2.41. The van der Waals surface area contributed by atoms with Crippen molar-refractivity contribution in [2.75, 3.05) is 37.5 Å². The fraction of sp³-hybridized carbons (Fsp3) is 0.367. The van der Waals surface area contributed by atoms with Gasteiger partial charge in [-0.05, 0) is 52.0 Å². The van der Waals surface area contributed by atoms with E-state index >= 15 is 4.39 Å². The molecule has 2 aromatic carbocycles. The molecule has 4 aromatic rings. The molecule has 0 amide bonds. The molecular weight excluding hydrogens is 535 g/mol. The van der Waals surface area contributed by atoms with Crippen LogP contribution in [0.5, 0.6) is 11.5 Å². The molecule has 41 heavy (non-hydrogen) atoms. The van der Waals surface area contributed by atoms with Crippen LogP contribution in [0.3, 0.4) is 0 Å². The Morgan fingerprint density at radius 1 is 1.10 bits per heavy atom. The van der Waals surface area contributed by atoms with Crippen LogP contribution in [0.1, 0.15) is 43.8 Å². The highest BCUT2D eigenvalue weighted by Gasteiger charge is 2.49. The molecule has 11 heteroatoms. The van der Waals surface area contributed by atoms with E-state index in [4.69, 9.17) is 9.47 Å². The van der Waals surface area contributed by atoms with Crippen LogP contribution < -0.4 is 19.7 Å². The molecule has 2 N–H and O–H groups in total. The minimum absolute atomic E-state index is 0.000681. The van der Waals surface area contributed by atoms with Crippen LogP contribution in [-0.4, -0.2) is 53.0 Å². The van der Waals surface area contributed by atoms with Crippen LogP contribution in [0.25, 0.3) is 10.9 Å². The number of hydrogen-bond donors (Lipinski definition) is 2. The highest BCUT2D eigenvalue weighted by Crippen LogP contribution is 2.42. The van der Waals surface area contributed by atoms with Crippen molar-refractivity contribution in [2.24, 2.45) is 0 Å². The number of aromatic nitrogens is 3. The fourth-order valence-corrected chi connectivity index (χ4v) is 4.38. The molecule has 218 valence electrons. The van der Waals surface area contributed by atoms with Crippen LogP contribution in [0, 0.1) is 12.7 Å². The average molecular weight is 570 g/mol. The van der Waals surface area contributed by atoms with E-state index < -0.39 is 28.9 Å². The van der Waals surface area contributed by atoms with E-state index in [2.05, 4.69) is 20.3 Å². The lowest BCUT2D eigenvalue weighted by molar-refractivity contribution is -0.170. The molecule has 0 spiro atoms. The van der Waals surface area contributed by atoms with Gasteiger partial charge in [-0.3, -0.25) is 4.98 Å². The van der Waals surface area contributed by atoms with Crippen LogP contribution in [0.4, 0.5) is 24.7 Å². The van der Waals surface area contributed by atoms with Crippen molar-refractivity contribution in [2.45, 2.75) is 45.3 Å². The molecule has 0 bridgehead atoms. The number of rotatable bonds is 11. The monoisotopic (exact) mass is 569 g/mol. The van der Waals surface area contributed by atoms with Crippen molar-refractivity contribution in [1.29, 1.82) is 0 Å². The third-order valence-electron chi connectivity index (χ3n) is 6.82. The van der Waals surface area contributed by atoms with E-state index in [-0.39, 0.29) is 5.56 Å². The maximum absolute atomic E-state index is 15.4. The molecule has 0 saturated carbocycles. The maximum atomic E-state index is 15.4. The predicted molar refractivity (Wildman–Crippen MR) is 152 cm³/mol. The molecule has 0 fully saturated rings. The van der Waals surface area contributed by atoms with Crippen molar-refractivity contribution < 1.29 is 27.8 Å². The number of anilines is 2. The number of methoxy groups -OCH3 is 1. The predicted octanol–water partition coefficient (Wildman–Crippen LogP) is 6.03. The van der Waals surface area contributed by atoms with Gasteiger partial charge in [0.2, 0.25) is 0 Å². The van der Waals surface area contributed by atoms with Gasteiger partial charge in [-0.1, -0.05) is 12.1 Å². The van der Waals surface area contributed by atoms with Crippen molar-refractivity contribution in [3.05, 3.63) is 77.6 Å². The molecule has 0 aliphatic heterocycles. The van der Waals surface area contributed by atoms with E-state index in [1.165, 1.54) is 19.2 Å². The number of likely N-dealkylation sites (N-methyl/N-ethyl adjacent to an activating group) is 1. The Kier molecular flexibility index (Phi) is 8.58. The summed E-state index contributed by atoms with van der Waals surface area (Å²) in [6.45, 7) is 6.16. The first kappa shape index (κ1) is 29.9. The van der Waals surface area contributed by atoms with E-state index in [1.54, 1.807) is 38.4 Å². The Hall–Kier alpha value is -4.12. The SMILES string of the molecule is COc1cc2nc(C)nc(N[C@H](C)c3cccc(C(F)(F)C(C)(C)O)c3F)c2cc1OCCN(C)c1cccnc1. The first-order valence-electron chi connectivity index (χ1n) is 13.1. The standard InChI is InChI=1S/C30H34F3N5O3/c1-18(21-10-7-11-23(27(21)31)30(32,33)29(3,4)39)35-28-22-15-26(25(40-6)16-24(22)36-19(2)37-28)41-14-13-38(5)20-9-8-12-34-17-20/h7-12,15-18,39H,13-14H2,1-6H3,(H,35,36,37)/t18-/m1/s1. The fourth-order valence-electron chi connectivity index (χ4n) is 4.38. The molecule has 2 aromatic heterocycles. The number of hydrogen-bond acceptors (Lipinski definition) is 8.